The van der Waals surface area contributed by atoms with Crippen LogP contribution in [0, 0.1) is 57.2 Å². The second-order valence-corrected chi connectivity index (χ2v) is 23.5. The highest BCUT2D eigenvalue weighted by molar-refractivity contribution is 6.02. The maximum absolute atomic E-state index is 17.4. The molecule has 8 rings (SSSR count). The van der Waals surface area contributed by atoms with Crippen molar-refractivity contribution in [1.82, 2.24) is 0 Å². The molecule has 0 heterocycles. The first-order valence-corrected chi connectivity index (χ1v) is 27.0. The molecular formula is C56H78F2O18. The maximum Gasteiger partial charge on any atom is 0.508 e. The van der Waals surface area contributed by atoms with E-state index < -0.39 is 129 Å². The highest BCUT2D eigenvalue weighted by Crippen LogP contribution is 2.72. The Morgan fingerprint density at radius 2 is 0.987 bits per heavy atom. The van der Waals surface area contributed by atoms with E-state index in [1.807, 2.05) is 0 Å². The first-order chi connectivity index (χ1) is 35.8. The molecule has 6 saturated carbocycles. The number of Topliss-reactive ketones (excluding diaryl/α,β-unsaturated/α-hetero) is 2. The molecule has 0 aromatic rings. The minimum absolute atomic E-state index is 0.0108. The lowest BCUT2D eigenvalue weighted by Crippen LogP contribution is -2.69. The van der Waals surface area contributed by atoms with Gasteiger partial charge in [0, 0.05) is 33.5 Å². The summed E-state index contributed by atoms with van der Waals surface area (Å²) in [6.45, 7) is 8.19. The van der Waals surface area contributed by atoms with E-state index in [9.17, 15) is 49.5 Å². The molecule has 0 aliphatic heterocycles. The quantitative estimate of drug-likeness (QED) is 0.0541. The lowest BCUT2D eigenvalue weighted by Gasteiger charge is -2.62. The molecule has 17 atom stereocenters. The van der Waals surface area contributed by atoms with Crippen LogP contribution in [-0.4, -0.2) is 175 Å². The predicted octanol–water partition coefficient (Wildman–Crippen LogP) is 4.35. The number of allylic oxidation sites excluding steroid dienone is 8. The topological polar surface area (TPSA) is 260 Å². The van der Waals surface area contributed by atoms with Gasteiger partial charge in [0.1, 0.15) is 24.4 Å². The van der Waals surface area contributed by atoms with Crippen LogP contribution in [0.2, 0.25) is 0 Å². The van der Waals surface area contributed by atoms with E-state index in [1.165, 1.54) is 24.3 Å². The summed E-state index contributed by atoms with van der Waals surface area (Å²) < 4.78 is 77.4. The maximum atomic E-state index is 17.4. The number of aliphatic hydroxyl groups is 5. The van der Waals surface area contributed by atoms with E-state index in [1.54, 1.807) is 53.7 Å². The smallest absolute Gasteiger partial charge is 0.432 e. The summed E-state index contributed by atoms with van der Waals surface area (Å²) in [5, 5.41) is 57.6. The molecule has 0 bridgehead atoms. The molecule has 0 radical (unpaired) electrons. The number of hydrogen-bond acceptors (Lipinski definition) is 18. The van der Waals surface area contributed by atoms with Gasteiger partial charge in [-0.2, -0.15) is 0 Å². The van der Waals surface area contributed by atoms with Gasteiger partial charge in [-0.25, -0.2) is 13.6 Å². The van der Waals surface area contributed by atoms with Crippen LogP contribution < -0.4 is 0 Å². The van der Waals surface area contributed by atoms with Gasteiger partial charge in [-0.05, 0) is 113 Å². The molecule has 0 amide bonds. The standard InChI is InChI=1S/C56H78F2O18/c1-33-25-41-39-9-7-35-27-37(59)11-13-49(35,3)53(39,57)43(61)29-51(41,5)55(33,67)45(63)31-75-47(65)73-23-21-71-19-17-69-15-16-70-18-20-72-22-24-74-48(66)76-32-46(64)56(68)34(2)26-42-40-10-8-36-28-38(60)12-14-50(36,4)54(40,58)44(62)30-52(42,56)6/h11-14,27-28,33-34,39-44,47,61-62,65,67-68H,7-10,15-26,29-32H2,1-6H3/t33-,34-,39+,40+,41+,42+,43+,44+,47?,49+,50+,51+,52+,53+,54+,55+,56+/m1/s1. The number of alkyl halides is 2. The Labute approximate surface area is 442 Å². The highest BCUT2D eigenvalue weighted by atomic mass is 19.1. The molecule has 8 aliphatic rings. The zero-order valence-corrected chi connectivity index (χ0v) is 44.6. The van der Waals surface area contributed by atoms with Gasteiger partial charge in [-0.15, -0.1) is 0 Å². The molecular weight excluding hydrogens is 999 g/mol. The van der Waals surface area contributed by atoms with Gasteiger partial charge in [0.15, 0.2) is 35.3 Å². The van der Waals surface area contributed by atoms with E-state index in [4.69, 9.17) is 37.9 Å². The summed E-state index contributed by atoms with van der Waals surface area (Å²) in [6.07, 6.45) is 6.43. The Morgan fingerprint density at radius 1 is 0.592 bits per heavy atom. The molecule has 5 N–H and O–H groups in total. The van der Waals surface area contributed by atoms with Crippen LogP contribution in [-0.2, 0) is 57.1 Å². The minimum Gasteiger partial charge on any atom is -0.432 e. The van der Waals surface area contributed by atoms with E-state index in [0.29, 0.717) is 49.7 Å². The van der Waals surface area contributed by atoms with Crippen LogP contribution in [0.4, 0.5) is 13.6 Å². The van der Waals surface area contributed by atoms with Crippen molar-refractivity contribution in [2.24, 2.45) is 57.2 Å². The van der Waals surface area contributed by atoms with Crippen LogP contribution in [0.5, 0.6) is 0 Å². The number of ketones is 4. The van der Waals surface area contributed by atoms with Crippen molar-refractivity contribution >= 4 is 29.3 Å². The zero-order valence-electron chi connectivity index (χ0n) is 44.6. The number of carbonyl (C=O) groups excluding carboxylic acids is 5. The Kier molecular flexibility index (Phi) is 17.0. The molecule has 424 valence electrons. The number of hydrogen-bond donors (Lipinski definition) is 5. The monoisotopic (exact) mass is 1080 g/mol. The molecule has 8 aliphatic carbocycles. The Morgan fingerprint density at radius 3 is 1.42 bits per heavy atom. The summed E-state index contributed by atoms with van der Waals surface area (Å²) in [5.41, 5.74) is -11.7. The molecule has 0 saturated heterocycles. The lowest BCUT2D eigenvalue weighted by atomic mass is 9.44. The third-order valence-electron chi connectivity index (χ3n) is 20.0. The third kappa shape index (κ3) is 9.43. The number of ether oxygens (including phenoxy) is 8. The average molecular weight is 1080 g/mol. The number of halogens is 2. The highest BCUT2D eigenvalue weighted by Gasteiger charge is 2.77. The Balaban J connectivity index is 0.639. The SMILES string of the molecule is C[C@@H]1C[C@H]2[C@@H]3CCC4=CC(=O)C=C[C@]4(C)[C@@]3(F)[C@@H](O)C[C@]2(C)[C@@]1(O)C(=O)COC(=O)OCCOCCOCCOCCOCCOC(O)OCC(=O)[C@@]1(O)[C@H](C)C[C@H]2[C@@H]3CCC4=CC(=O)C=C[C@]4(C)[C@@]3(F)[C@@H](O)C[C@@]21C. The fourth-order valence-corrected chi connectivity index (χ4v) is 16.0. The normalized spacial score (nSPS) is 42.4. The van der Waals surface area contributed by atoms with Crippen molar-refractivity contribution in [3.63, 3.8) is 0 Å². The van der Waals surface area contributed by atoms with Crippen LogP contribution in [0.3, 0.4) is 0 Å². The molecule has 6 fully saturated rings. The number of aliphatic hydroxyl groups excluding tert-OH is 3. The van der Waals surface area contributed by atoms with Crippen molar-refractivity contribution in [1.29, 1.82) is 0 Å². The molecule has 0 aromatic heterocycles. The first-order valence-electron chi connectivity index (χ1n) is 27.0. The van der Waals surface area contributed by atoms with Crippen LogP contribution in [0.25, 0.3) is 0 Å². The van der Waals surface area contributed by atoms with Crippen molar-refractivity contribution in [3.8, 4) is 0 Å². The molecule has 0 spiro atoms. The van der Waals surface area contributed by atoms with Crippen molar-refractivity contribution in [3.05, 3.63) is 47.6 Å². The molecule has 1 unspecified atom stereocenters. The number of fused-ring (bicyclic) bond motifs is 10. The lowest BCUT2D eigenvalue weighted by molar-refractivity contribution is -0.268. The summed E-state index contributed by atoms with van der Waals surface area (Å²) >= 11 is 0. The van der Waals surface area contributed by atoms with Crippen LogP contribution in [0.15, 0.2) is 47.6 Å². The van der Waals surface area contributed by atoms with Crippen molar-refractivity contribution < 1.29 is 96.2 Å². The molecule has 76 heavy (non-hydrogen) atoms. The summed E-state index contributed by atoms with van der Waals surface area (Å²) in [4.78, 5) is 64.1. The summed E-state index contributed by atoms with van der Waals surface area (Å²) in [7, 11) is 0. The second kappa shape index (κ2) is 22.1. The van der Waals surface area contributed by atoms with E-state index in [0.717, 1.165) is 0 Å². The van der Waals surface area contributed by atoms with Gasteiger partial charge in [-0.1, -0.05) is 51.0 Å². The summed E-state index contributed by atoms with van der Waals surface area (Å²) in [5.74, 6) is -5.38. The molecule has 0 aromatic carbocycles. The fraction of sp³-hybridized carbons (Fsp3) is 0.768. The van der Waals surface area contributed by atoms with Crippen LogP contribution in [0.1, 0.15) is 92.9 Å². The Bertz CT molecular complexity index is 2360. The van der Waals surface area contributed by atoms with Gasteiger partial charge in [0.25, 0.3) is 6.48 Å². The van der Waals surface area contributed by atoms with Crippen molar-refractivity contribution in [2.45, 2.75) is 134 Å². The van der Waals surface area contributed by atoms with Gasteiger partial charge < -0.3 is 63.4 Å². The minimum atomic E-state index is -2.11. The Hall–Kier alpha value is -3.67. The molecule has 20 heteroatoms. The van der Waals surface area contributed by atoms with Crippen LogP contribution >= 0.6 is 0 Å². The number of carbonyl (C=O) groups is 5. The first kappa shape index (κ1) is 58.5. The van der Waals surface area contributed by atoms with Gasteiger partial charge in [0.05, 0.1) is 71.7 Å². The largest absolute Gasteiger partial charge is 0.508 e. The number of rotatable bonds is 23. The van der Waals surface area contributed by atoms with Gasteiger partial charge >= 0.3 is 6.16 Å². The van der Waals surface area contributed by atoms with Crippen molar-refractivity contribution in [2.75, 3.05) is 79.3 Å². The van der Waals surface area contributed by atoms with E-state index in [-0.39, 0.29) is 90.5 Å². The fourth-order valence-electron chi connectivity index (χ4n) is 16.0. The molecule has 18 nitrogen and oxygen atoms in total. The van der Waals surface area contributed by atoms with E-state index in [2.05, 4.69) is 0 Å². The predicted molar refractivity (Wildman–Crippen MR) is 264 cm³/mol. The van der Waals surface area contributed by atoms with Gasteiger partial charge in [-0.3, -0.25) is 19.2 Å². The second-order valence-electron chi connectivity index (χ2n) is 23.5. The van der Waals surface area contributed by atoms with E-state index >= 15 is 8.78 Å². The third-order valence-corrected chi connectivity index (χ3v) is 20.0. The zero-order chi connectivity index (χ0) is 55.3. The summed E-state index contributed by atoms with van der Waals surface area (Å²) in [6, 6.07) is 0. The van der Waals surface area contributed by atoms with Gasteiger partial charge in [0.2, 0.25) is 5.78 Å². The average Bonchev–Trinajstić information content (AvgIpc) is 3.91.